The molecule has 4 aromatic rings. The number of nitrogens with two attached hydrogens (primary N) is 1. The monoisotopic (exact) mass is 532 g/mol. The smallest absolute Gasteiger partial charge is 0.416 e. The Morgan fingerprint density at radius 2 is 1.68 bits per heavy atom. The fourth-order valence-corrected chi connectivity index (χ4v) is 5.51. The maximum atomic E-state index is 13.2. The summed E-state index contributed by atoms with van der Waals surface area (Å²) in [6, 6.07) is 10.7. The third-order valence-corrected chi connectivity index (χ3v) is 7.72. The second-order valence-electron chi connectivity index (χ2n) is 8.70. The molecule has 0 spiro atoms. The first-order valence-electron chi connectivity index (χ1n) is 11.1. The highest BCUT2D eigenvalue weighted by molar-refractivity contribution is 7.91. The first-order valence-corrected chi connectivity index (χ1v) is 12.6. The third kappa shape index (κ3) is 5.32. The van der Waals surface area contributed by atoms with E-state index in [1.807, 2.05) is 0 Å². The molecule has 0 radical (unpaired) electrons. The second kappa shape index (κ2) is 9.56. The highest BCUT2D eigenvalue weighted by Gasteiger charge is 2.31. The highest BCUT2D eigenvalue weighted by Crippen LogP contribution is 2.36. The standard InChI is InChI=1S/C26H23F3N2O5S/c1-14-9-16(11-21(30)25(32)33)10-15(2)24(14)36-18-5-8-22-20(12-18)23(13-31-22)37(34,35)19-6-3-17(4-7-19)26(27,28)29/h3-10,12-13,21,31H,11,30H2,1-2H3,(H,32,33)/t21-/m0/s1. The molecular formula is C26H23F3N2O5S. The van der Waals surface area contributed by atoms with Crippen LogP contribution >= 0.6 is 0 Å². The van der Waals surface area contributed by atoms with E-state index in [-0.39, 0.29) is 16.2 Å². The number of hydrogen-bond acceptors (Lipinski definition) is 5. The number of ether oxygens (including phenoxy) is 1. The van der Waals surface area contributed by atoms with Crippen LogP contribution in [-0.2, 0) is 27.2 Å². The van der Waals surface area contributed by atoms with Crippen molar-refractivity contribution in [3.05, 3.63) is 83.0 Å². The summed E-state index contributed by atoms with van der Waals surface area (Å²) in [6.45, 7) is 3.60. The Morgan fingerprint density at radius 1 is 1.05 bits per heavy atom. The van der Waals surface area contributed by atoms with E-state index in [2.05, 4.69) is 4.98 Å². The van der Waals surface area contributed by atoms with Crippen LogP contribution in [0.2, 0.25) is 0 Å². The van der Waals surface area contributed by atoms with Crippen molar-refractivity contribution in [1.82, 2.24) is 4.98 Å². The highest BCUT2D eigenvalue weighted by atomic mass is 32.2. The van der Waals surface area contributed by atoms with Gasteiger partial charge in [0.15, 0.2) is 0 Å². The van der Waals surface area contributed by atoms with Gasteiger partial charge in [0.2, 0.25) is 9.84 Å². The molecule has 3 aromatic carbocycles. The molecule has 0 amide bonds. The van der Waals surface area contributed by atoms with Gasteiger partial charge in [-0.25, -0.2) is 8.42 Å². The lowest BCUT2D eigenvalue weighted by Crippen LogP contribution is -2.32. The van der Waals surface area contributed by atoms with Crippen LogP contribution in [0.25, 0.3) is 10.9 Å². The SMILES string of the molecule is Cc1cc(C[C@H](N)C(=O)O)cc(C)c1Oc1ccc2[nH]cc(S(=O)(=O)c3ccc(C(F)(F)F)cc3)c2c1. The van der Waals surface area contributed by atoms with Gasteiger partial charge in [-0.15, -0.1) is 0 Å². The number of carbonyl (C=O) groups is 1. The molecule has 1 heterocycles. The number of hydrogen-bond donors (Lipinski definition) is 3. The van der Waals surface area contributed by atoms with Crippen molar-refractivity contribution in [3.8, 4) is 11.5 Å². The Hall–Kier alpha value is -3.83. The molecule has 0 saturated carbocycles. The number of aromatic amines is 1. The molecule has 7 nitrogen and oxygen atoms in total. The van der Waals surface area contributed by atoms with Crippen LogP contribution < -0.4 is 10.5 Å². The zero-order valence-electron chi connectivity index (χ0n) is 19.8. The zero-order valence-corrected chi connectivity index (χ0v) is 20.6. The summed E-state index contributed by atoms with van der Waals surface area (Å²) >= 11 is 0. The molecule has 0 aliphatic rings. The number of aryl methyl sites for hydroxylation is 2. The lowest BCUT2D eigenvalue weighted by molar-refractivity contribution is -0.139. The first-order chi connectivity index (χ1) is 17.3. The number of carboxylic acid groups (broad SMARTS) is 1. The van der Waals surface area contributed by atoms with Gasteiger partial charge in [0.05, 0.1) is 15.4 Å². The number of H-pyrrole nitrogens is 1. The Bertz CT molecular complexity index is 1570. The van der Waals surface area contributed by atoms with E-state index in [9.17, 15) is 26.4 Å². The van der Waals surface area contributed by atoms with E-state index >= 15 is 0 Å². The number of fused-ring (bicyclic) bond motifs is 1. The normalized spacial score (nSPS) is 13.0. The number of benzene rings is 3. The summed E-state index contributed by atoms with van der Waals surface area (Å²) in [5.41, 5.74) is 7.41. The molecule has 4 rings (SSSR count). The van der Waals surface area contributed by atoms with Crippen LogP contribution in [0.5, 0.6) is 11.5 Å². The van der Waals surface area contributed by atoms with Crippen molar-refractivity contribution < 1.29 is 36.2 Å². The third-order valence-electron chi connectivity index (χ3n) is 5.91. The number of aliphatic carboxylic acids is 1. The number of halogens is 3. The average Bonchev–Trinajstić information content (AvgIpc) is 3.25. The largest absolute Gasteiger partial charge is 0.480 e. The van der Waals surface area contributed by atoms with Crippen molar-refractivity contribution >= 4 is 26.7 Å². The number of aromatic nitrogens is 1. The zero-order chi connectivity index (χ0) is 27.1. The summed E-state index contributed by atoms with van der Waals surface area (Å²) in [7, 11) is -4.13. The molecule has 11 heteroatoms. The van der Waals surface area contributed by atoms with Crippen molar-refractivity contribution in [2.45, 2.75) is 42.3 Å². The topological polar surface area (TPSA) is 122 Å². The van der Waals surface area contributed by atoms with Crippen molar-refractivity contribution in [3.63, 3.8) is 0 Å². The van der Waals surface area contributed by atoms with Crippen LogP contribution in [-0.4, -0.2) is 30.5 Å². The van der Waals surface area contributed by atoms with Gasteiger partial charge < -0.3 is 20.6 Å². The fraction of sp³-hybridized carbons (Fsp3) is 0.192. The van der Waals surface area contributed by atoms with Crippen molar-refractivity contribution in [2.75, 3.05) is 0 Å². The molecule has 1 atom stereocenters. The Balaban J connectivity index is 1.67. The second-order valence-corrected chi connectivity index (χ2v) is 10.6. The minimum Gasteiger partial charge on any atom is -0.480 e. The molecule has 37 heavy (non-hydrogen) atoms. The van der Waals surface area contributed by atoms with Crippen LogP contribution in [0.15, 0.2) is 70.6 Å². The molecule has 4 N–H and O–H groups in total. The summed E-state index contributed by atoms with van der Waals surface area (Å²) in [4.78, 5) is 13.6. The Labute approximate surface area is 210 Å². The predicted octanol–water partition coefficient (Wildman–Crippen LogP) is 5.38. The van der Waals surface area contributed by atoms with E-state index in [0.717, 1.165) is 41.0 Å². The summed E-state index contributed by atoms with van der Waals surface area (Å²) in [5, 5.41) is 9.37. The Morgan fingerprint density at radius 3 is 2.24 bits per heavy atom. The maximum absolute atomic E-state index is 13.2. The average molecular weight is 533 g/mol. The van der Waals surface area contributed by atoms with Crippen LogP contribution in [0.4, 0.5) is 13.2 Å². The summed E-state index contributed by atoms with van der Waals surface area (Å²) in [5.74, 6) is -0.232. The van der Waals surface area contributed by atoms with E-state index in [4.69, 9.17) is 15.6 Å². The molecule has 0 bridgehead atoms. The van der Waals surface area contributed by atoms with Gasteiger partial charge in [-0.1, -0.05) is 12.1 Å². The molecule has 0 fully saturated rings. The maximum Gasteiger partial charge on any atom is 0.416 e. The van der Waals surface area contributed by atoms with Gasteiger partial charge in [0, 0.05) is 17.1 Å². The van der Waals surface area contributed by atoms with Gasteiger partial charge in [-0.05, 0) is 79.4 Å². The fourth-order valence-electron chi connectivity index (χ4n) is 4.09. The molecule has 0 aliphatic carbocycles. The van der Waals surface area contributed by atoms with Gasteiger partial charge in [0.1, 0.15) is 17.5 Å². The summed E-state index contributed by atoms with van der Waals surface area (Å²) < 4.78 is 71.2. The minimum atomic E-state index is -4.58. The minimum absolute atomic E-state index is 0.0980. The number of sulfone groups is 1. The van der Waals surface area contributed by atoms with E-state index < -0.39 is 33.6 Å². The molecular weight excluding hydrogens is 509 g/mol. The number of carboxylic acids is 1. The number of nitrogens with one attached hydrogen (secondary N) is 1. The first kappa shape index (κ1) is 26.2. The van der Waals surface area contributed by atoms with E-state index in [1.165, 1.54) is 12.3 Å². The van der Waals surface area contributed by atoms with Crippen molar-refractivity contribution in [2.24, 2.45) is 5.73 Å². The van der Waals surface area contributed by atoms with Crippen LogP contribution in [0.3, 0.4) is 0 Å². The lowest BCUT2D eigenvalue weighted by atomic mass is 10.0. The quantitative estimate of drug-likeness (QED) is 0.294. The molecule has 0 aliphatic heterocycles. The molecule has 0 saturated heterocycles. The predicted molar refractivity (Wildman–Crippen MR) is 130 cm³/mol. The molecule has 1 aromatic heterocycles. The van der Waals surface area contributed by atoms with Gasteiger partial charge in [-0.2, -0.15) is 13.2 Å². The number of rotatable bonds is 7. The Kier molecular flexibility index (Phi) is 6.78. The van der Waals surface area contributed by atoms with E-state index in [0.29, 0.717) is 22.4 Å². The molecule has 194 valence electrons. The van der Waals surface area contributed by atoms with E-state index in [1.54, 1.807) is 38.1 Å². The van der Waals surface area contributed by atoms with Crippen LogP contribution in [0, 0.1) is 13.8 Å². The lowest BCUT2D eigenvalue weighted by Gasteiger charge is -2.15. The van der Waals surface area contributed by atoms with Crippen LogP contribution in [0.1, 0.15) is 22.3 Å². The number of alkyl halides is 3. The van der Waals surface area contributed by atoms with Gasteiger partial charge in [0.25, 0.3) is 0 Å². The summed E-state index contributed by atoms with van der Waals surface area (Å²) in [6.07, 6.45) is -3.14. The van der Waals surface area contributed by atoms with Crippen molar-refractivity contribution in [1.29, 1.82) is 0 Å². The van der Waals surface area contributed by atoms with Gasteiger partial charge in [-0.3, -0.25) is 4.79 Å². The van der Waals surface area contributed by atoms with Gasteiger partial charge >= 0.3 is 12.1 Å². The molecule has 0 unspecified atom stereocenters.